The largest absolute Gasteiger partial charge is 0.330 e. The molecule has 0 aliphatic heterocycles. The van der Waals surface area contributed by atoms with Crippen molar-refractivity contribution < 1.29 is 4.39 Å². The molecular weight excluding hydrogens is 191 g/mol. The van der Waals surface area contributed by atoms with Gasteiger partial charge < -0.3 is 11.5 Å². The van der Waals surface area contributed by atoms with E-state index in [0.717, 1.165) is 0 Å². The third-order valence-electron chi connectivity index (χ3n) is 1.79. The van der Waals surface area contributed by atoms with Gasteiger partial charge in [0.05, 0.1) is 0 Å². The zero-order valence-electron chi connectivity index (χ0n) is 7.13. The molecule has 0 saturated heterocycles. The van der Waals surface area contributed by atoms with Crippen LogP contribution in [0.25, 0.3) is 0 Å². The van der Waals surface area contributed by atoms with Gasteiger partial charge in [0.2, 0.25) is 0 Å². The van der Waals surface area contributed by atoms with E-state index in [9.17, 15) is 4.39 Å². The lowest BCUT2D eigenvalue weighted by Gasteiger charge is -2.10. The average molecular weight is 203 g/mol. The van der Waals surface area contributed by atoms with Crippen LogP contribution < -0.4 is 11.5 Å². The third kappa shape index (κ3) is 2.95. The molecule has 0 amide bonds. The number of halogens is 2. The number of rotatable bonds is 3. The van der Waals surface area contributed by atoms with Gasteiger partial charge in [0.25, 0.3) is 0 Å². The molecule has 0 unspecified atom stereocenters. The summed E-state index contributed by atoms with van der Waals surface area (Å²) in [6, 6.07) is 4.05. The van der Waals surface area contributed by atoms with Crippen molar-refractivity contribution in [3.8, 4) is 0 Å². The summed E-state index contributed by atoms with van der Waals surface area (Å²) in [5.41, 5.74) is 11.8. The summed E-state index contributed by atoms with van der Waals surface area (Å²) in [6.45, 7) is 0.481. The van der Waals surface area contributed by atoms with Crippen LogP contribution >= 0.6 is 11.6 Å². The van der Waals surface area contributed by atoms with Crippen molar-refractivity contribution in [3.63, 3.8) is 0 Å². The summed E-state index contributed by atoms with van der Waals surface area (Å²) in [4.78, 5) is 0. The van der Waals surface area contributed by atoms with E-state index in [-0.39, 0.29) is 11.9 Å². The molecule has 0 heterocycles. The molecular formula is C9H12ClFN2. The molecule has 0 aromatic heterocycles. The van der Waals surface area contributed by atoms with Gasteiger partial charge in [-0.25, -0.2) is 4.39 Å². The smallest absolute Gasteiger partial charge is 0.125 e. The lowest BCUT2D eigenvalue weighted by atomic mass is 10.0. The Morgan fingerprint density at radius 2 is 2.08 bits per heavy atom. The maximum absolute atomic E-state index is 12.9. The SMILES string of the molecule is NCC[C@@H](N)c1cc(F)cc(Cl)c1. The first-order chi connectivity index (χ1) is 6.13. The van der Waals surface area contributed by atoms with E-state index in [1.807, 2.05) is 0 Å². The van der Waals surface area contributed by atoms with Gasteiger partial charge in [-0.05, 0) is 36.7 Å². The van der Waals surface area contributed by atoms with Crippen LogP contribution in [0.1, 0.15) is 18.0 Å². The zero-order chi connectivity index (χ0) is 9.84. The predicted octanol–water partition coefficient (Wildman–Crippen LogP) is 1.83. The Hall–Kier alpha value is -0.640. The predicted molar refractivity (Wildman–Crippen MR) is 52.0 cm³/mol. The van der Waals surface area contributed by atoms with E-state index in [4.69, 9.17) is 23.1 Å². The first kappa shape index (κ1) is 10.4. The summed E-state index contributed by atoms with van der Waals surface area (Å²) in [7, 11) is 0. The lowest BCUT2D eigenvalue weighted by Crippen LogP contribution is -2.15. The molecule has 13 heavy (non-hydrogen) atoms. The van der Waals surface area contributed by atoms with E-state index < -0.39 is 0 Å². The quantitative estimate of drug-likeness (QED) is 0.786. The second kappa shape index (κ2) is 4.56. The van der Waals surface area contributed by atoms with Crippen molar-refractivity contribution in [3.05, 3.63) is 34.6 Å². The minimum Gasteiger partial charge on any atom is -0.330 e. The maximum Gasteiger partial charge on any atom is 0.125 e. The minimum absolute atomic E-state index is 0.238. The molecule has 0 spiro atoms. The van der Waals surface area contributed by atoms with Crippen LogP contribution in [0.5, 0.6) is 0 Å². The van der Waals surface area contributed by atoms with Gasteiger partial charge in [-0.3, -0.25) is 0 Å². The Morgan fingerprint density at radius 3 is 2.62 bits per heavy atom. The second-order valence-corrected chi connectivity index (χ2v) is 3.32. The summed E-state index contributed by atoms with van der Waals surface area (Å²) >= 11 is 5.67. The van der Waals surface area contributed by atoms with E-state index in [1.54, 1.807) is 6.07 Å². The molecule has 1 aromatic carbocycles. The van der Waals surface area contributed by atoms with Gasteiger partial charge in [0, 0.05) is 11.1 Å². The fraction of sp³-hybridized carbons (Fsp3) is 0.333. The van der Waals surface area contributed by atoms with Gasteiger partial charge in [-0.2, -0.15) is 0 Å². The van der Waals surface area contributed by atoms with Crippen LogP contribution in [0.15, 0.2) is 18.2 Å². The standard InChI is InChI=1S/C9H12ClFN2/c10-7-3-6(4-8(11)5-7)9(13)1-2-12/h3-5,9H,1-2,12-13H2/t9-/m1/s1. The molecule has 0 fully saturated rings. The number of nitrogens with two attached hydrogens (primary N) is 2. The van der Waals surface area contributed by atoms with E-state index in [1.165, 1.54) is 12.1 Å². The molecule has 0 saturated carbocycles. The van der Waals surface area contributed by atoms with E-state index in [0.29, 0.717) is 23.6 Å². The van der Waals surface area contributed by atoms with Crippen molar-refractivity contribution >= 4 is 11.6 Å². The van der Waals surface area contributed by atoms with Crippen molar-refractivity contribution in [2.75, 3.05) is 6.54 Å². The average Bonchev–Trinajstić information content (AvgIpc) is 2.03. The van der Waals surface area contributed by atoms with Crippen LogP contribution in [-0.2, 0) is 0 Å². The van der Waals surface area contributed by atoms with Gasteiger partial charge in [-0.1, -0.05) is 11.6 Å². The van der Waals surface area contributed by atoms with E-state index >= 15 is 0 Å². The molecule has 0 aliphatic rings. The molecule has 4 N–H and O–H groups in total. The lowest BCUT2D eigenvalue weighted by molar-refractivity contribution is 0.612. The first-order valence-corrected chi connectivity index (χ1v) is 4.43. The summed E-state index contributed by atoms with van der Waals surface area (Å²) < 4.78 is 12.9. The highest BCUT2D eigenvalue weighted by Gasteiger charge is 2.07. The molecule has 1 rings (SSSR count). The highest BCUT2D eigenvalue weighted by atomic mass is 35.5. The first-order valence-electron chi connectivity index (χ1n) is 4.05. The normalized spacial score (nSPS) is 12.9. The number of benzene rings is 1. The van der Waals surface area contributed by atoms with Gasteiger partial charge in [-0.15, -0.1) is 0 Å². The summed E-state index contributed by atoms with van der Waals surface area (Å²) in [6.07, 6.45) is 0.625. The monoisotopic (exact) mass is 202 g/mol. The van der Waals surface area contributed by atoms with Crippen LogP contribution in [0.3, 0.4) is 0 Å². The molecule has 72 valence electrons. The molecule has 2 nitrogen and oxygen atoms in total. The van der Waals surface area contributed by atoms with Crippen LogP contribution in [0.2, 0.25) is 5.02 Å². The van der Waals surface area contributed by atoms with E-state index in [2.05, 4.69) is 0 Å². The molecule has 1 atom stereocenters. The highest BCUT2D eigenvalue weighted by Crippen LogP contribution is 2.19. The molecule has 4 heteroatoms. The molecule has 0 bridgehead atoms. The third-order valence-corrected chi connectivity index (χ3v) is 2.01. The van der Waals surface area contributed by atoms with Crippen LogP contribution in [0, 0.1) is 5.82 Å². The Balaban J connectivity index is 2.87. The minimum atomic E-state index is -0.366. The zero-order valence-corrected chi connectivity index (χ0v) is 7.89. The highest BCUT2D eigenvalue weighted by molar-refractivity contribution is 6.30. The van der Waals surface area contributed by atoms with Crippen LogP contribution in [0.4, 0.5) is 4.39 Å². The molecule has 0 aliphatic carbocycles. The topological polar surface area (TPSA) is 52.0 Å². The maximum atomic E-state index is 12.9. The van der Waals surface area contributed by atoms with Gasteiger partial charge >= 0.3 is 0 Å². The summed E-state index contributed by atoms with van der Waals surface area (Å²) in [5.74, 6) is -0.366. The molecule has 0 radical (unpaired) electrons. The Labute approximate surface area is 81.7 Å². The second-order valence-electron chi connectivity index (χ2n) is 2.89. The van der Waals surface area contributed by atoms with Crippen LogP contribution in [-0.4, -0.2) is 6.54 Å². The molecule has 1 aromatic rings. The Morgan fingerprint density at radius 1 is 1.38 bits per heavy atom. The number of hydrogen-bond acceptors (Lipinski definition) is 2. The fourth-order valence-electron chi connectivity index (χ4n) is 1.14. The van der Waals surface area contributed by atoms with Crippen molar-refractivity contribution in [1.82, 2.24) is 0 Å². The summed E-state index contributed by atoms with van der Waals surface area (Å²) in [5, 5.41) is 0.363. The number of hydrogen-bond donors (Lipinski definition) is 2. The van der Waals surface area contributed by atoms with Crippen molar-refractivity contribution in [2.24, 2.45) is 11.5 Å². The fourth-order valence-corrected chi connectivity index (χ4v) is 1.37. The van der Waals surface area contributed by atoms with Crippen molar-refractivity contribution in [2.45, 2.75) is 12.5 Å². The van der Waals surface area contributed by atoms with Crippen molar-refractivity contribution in [1.29, 1.82) is 0 Å². The van der Waals surface area contributed by atoms with Gasteiger partial charge in [0.1, 0.15) is 5.82 Å². The Kier molecular flexibility index (Phi) is 3.66. The van der Waals surface area contributed by atoms with Gasteiger partial charge in [0.15, 0.2) is 0 Å². The Bertz CT molecular complexity index is 271.